The largest absolute Gasteiger partial charge is 0.491 e. The van der Waals surface area contributed by atoms with Gasteiger partial charge in [0.15, 0.2) is 11.5 Å². The number of pyridine rings is 1. The summed E-state index contributed by atoms with van der Waals surface area (Å²) in [6.07, 6.45) is 1.72. The van der Waals surface area contributed by atoms with E-state index >= 15 is 0 Å². The van der Waals surface area contributed by atoms with Crippen LogP contribution in [-0.2, 0) is 10.2 Å². The highest BCUT2D eigenvalue weighted by Gasteiger charge is 2.58. The first-order valence-corrected chi connectivity index (χ1v) is 9.78. The van der Waals surface area contributed by atoms with Gasteiger partial charge in [-0.3, -0.25) is 14.2 Å². The molecule has 3 aliphatic heterocycles. The smallest absolute Gasteiger partial charge is 0.255 e. The van der Waals surface area contributed by atoms with E-state index in [9.17, 15) is 9.59 Å². The zero-order valence-corrected chi connectivity index (χ0v) is 16.3. The molecular weight excluding hydrogens is 384 g/mol. The maximum Gasteiger partial charge on any atom is 0.255 e. The van der Waals surface area contributed by atoms with Crippen LogP contribution in [0.15, 0.2) is 59.5 Å². The summed E-state index contributed by atoms with van der Waals surface area (Å²) in [7, 11) is 1.75. The minimum atomic E-state index is -1.05. The summed E-state index contributed by atoms with van der Waals surface area (Å²) < 4.78 is 19.1. The fraction of sp³-hybridized carbons (Fsp3) is 0.217. The van der Waals surface area contributed by atoms with E-state index in [-0.39, 0.29) is 18.1 Å². The molecule has 0 fully saturated rings. The molecule has 2 aromatic carbocycles. The molecule has 7 heteroatoms. The molecule has 4 heterocycles. The molecule has 0 saturated carbocycles. The molecule has 150 valence electrons. The maximum absolute atomic E-state index is 13.7. The average Bonchev–Trinajstić information content (AvgIpc) is 3.25. The third kappa shape index (κ3) is 2.04. The van der Waals surface area contributed by atoms with Gasteiger partial charge in [0.05, 0.1) is 11.4 Å². The van der Waals surface area contributed by atoms with Gasteiger partial charge in [-0.05, 0) is 24.3 Å². The van der Waals surface area contributed by atoms with Crippen LogP contribution in [0.4, 0.5) is 5.69 Å². The highest BCUT2D eigenvalue weighted by atomic mass is 16.6. The molecule has 1 spiro atoms. The van der Waals surface area contributed by atoms with Crippen LogP contribution in [0.5, 0.6) is 17.2 Å². The van der Waals surface area contributed by atoms with Crippen molar-refractivity contribution in [2.75, 3.05) is 31.8 Å². The number of carbonyl (C=O) groups excluding carboxylic acids is 1. The molecule has 1 amide bonds. The second-order valence-electron chi connectivity index (χ2n) is 7.63. The van der Waals surface area contributed by atoms with Crippen molar-refractivity contribution >= 4 is 11.6 Å². The molecule has 30 heavy (non-hydrogen) atoms. The third-order valence-corrected chi connectivity index (χ3v) is 6.11. The second-order valence-corrected chi connectivity index (χ2v) is 7.63. The zero-order valence-electron chi connectivity index (χ0n) is 16.3. The molecule has 0 aliphatic carbocycles. The van der Waals surface area contributed by atoms with Gasteiger partial charge in [0, 0.05) is 36.5 Å². The van der Waals surface area contributed by atoms with Crippen LogP contribution in [0, 0.1) is 0 Å². The number of anilines is 1. The van der Waals surface area contributed by atoms with Crippen molar-refractivity contribution in [2.45, 2.75) is 5.41 Å². The van der Waals surface area contributed by atoms with E-state index in [4.69, 9.17) is 14.2 Å². The van der Waals surface area contributed by atoms with Crippen LogP contribution in [0.2, 0.25) is 0 Å². The van der Waals surface area contributed by atoms with Gasteiger partial charge in [-0.15, -0.1) is 0 Å². The molecule has 0 radical (unpaired) electrons. The number of amides is 1. The van der Waals surface area contributed by atoms with Crippen molar-refractivity contribution in [3.63, 3.8) is 0 Å². The highest BCUT2D eigenvalue weighted by Crippen LogP contribution is 2.55. The Hall–Kier alpha value is -3.74. The molecule has 3 aliphatic rings. The lowest BCUT2D eigenvalue weighted by atomic mass is 9.76. The van der Waals surface area contributed by atoms with Crippen LogP contribution >= 0.6 is 0 Å². The molecule has 7 nitrogen and oxygen atoms in total. The van der Waals surface area contributed by atoms with Crippen molar-refractivity contribution in [2.24, 2.45) is 0 Å². The van der Waals surface area contributed by atoms with Crippen LogP contribution in [-0.4, -0.2) is 37.3 Å². The molecule has 1 aromatic heterocycles. The van der Waals surface area contributed by atoms with Crippen molar-refractivity contribution in [3.8, 4) is 22.9 Å². The van der Waals surface area contributed by atoms with Gasteiger partial charge in [-0.1, -0.05) is 12.1 Å². The standard InChI is InChI=1S/C23H18N2O5/c1-24-15-5-4-6-16(25-8-3-2-7-20(25)26)21(15)23(22(24)27)13-30-17-12-19-18(11-14(17)23)28-9-10-29-19/h2-8,11-12H,9-10,13H2,1H3. The lowest BCUT2D eigenvalue weighted by Gasteiger charge is -2.25. The van der Waals surface area contributed by atoms with Crippen LogP contribution < -0.4 is 24.7 Å². The van der Waals surface area contributed by atoms with Gasteiger partial charge in [-0.25, -0.2) is 0 Å². The average molecular weight is 402 g/mol. The molecule has 0 N–H and O–H groups in total. The van der Waals surface area contributed by atoms with E-state index in [0.717, 1.165) is 16.8 Å². The number of aromatic nitrogens is 1. The summed E-state index contributed by atoms with van der Waals surface area (Å²) >= 11 is 0. The number of likely N-dealkylation sites (N-methyl/N-ethyl adjacent to an activating group) is 1. The van der Waals surface area contributed by atoms with Crippen LogP contribution in [0.25, 0.3) is 5.69 Å². The van der Waals surface area contributed by atoms with Crippen LogP contribution in [0.1, 0.15) is 11.1 Å². The number of rotatable bonds is 1. The van der Waals surface area contributed by atoms with E-state index in [1.165, 1.54) is 6.07 Å². The third-order valence-electron chi connectivity index (χ3n) is 6.11. The molecule has 1 unspecified atom stereocenters. The second kappa shape index (κ2) is 5.89. The lowest BCUT2D eigenvalue weighted by Crippen LogP contribution is -2.41. The Labute approximate surface area is 172 Å². The topological polar surface area (TPSA) is 70.0 Å². The fourth-order valence-electron chi connectivity index (χ4n) is 4.75. The van der Waals surface area contributed by atoms with E-state index < -0.39 is 5.41 Å². The van der Waals surface area contributed by atoms with E-state index in [2.05, 4.69) is 0 Å². The molecule has 1 atom stereocenters. The number of hydrogen-bond acceptors (Lipinski definition) is 5. The number of hydrogen-bond donors (Lipinski definition) is 0. The number of carbonyl (C=O) groups is 1. The van der Waals surface area contributed by atoms with Crippen molar-refractivity contribution in [1.29, 1.82) is 0 Å². The first-order chi connectivity index (χ1) is 14.6. The molecule has 6 rings (SSSR count). The van der Waals surface area contributed by atoms with E-state index in [0.29, 0.717) is 36.1 Å². The van der Waals surface area contributed by atoms with Gasteiger partial charge < -0.3 is 19.1 Å². The molecule has 0 saturated heterocycles. The van der Waals surface area contributed by atoms with Gasteiger partial charge in [0.2, 0.25) is 5.91 Å². The number of ether oxygens (including phenoxy) is 3. The Morgan fingerprint density at radius 2 is 1.63 bits per heavy atom. The summed E-state index contributed by atoms with van der Waals surface area (Å²) in [5.74, 6) is 1.72. The molecule has 0 bridgehead atoms. The van der Waals surface area contributed by atoms with E-state index in [1.807, 2.05) is 24.3 Å². The van der Waals surface area contributed by atoms with Crippen molar-refractivity contribution in [1.82, 2.24) is 4.57 Å². The predicted molar refractivity (Wildman–Crippen MR) is 109 cm³/mol. The first-order valence-electron chi connectivity index (χ1n) is 9.78. The Balaban J connectivity index is 1.66. The first kappa shape index (κ1) is 17.1. The normalized spacial score (nSPS) is 20.8. The Bertz CT molecular complexity index is 1280. The number of benzene rings is 2. The highest BCUT2D eigenvalue weighted by molar-refractivity contribution is 6.12. The predicted octanol–water partition coefficient (Wildman–Crippen LogP) is 2.26. The minimum Gasteiger partial charge on any atom is -0.491 e. The van der Waals surface area contributed by atoms with E-state index in [1.54, 1.807) is 40.9 Å². The molecule has 3 aromatic rings. The number of fused-ring (bicyclic) bond motifs is 5. The summed E-state index contributed by atoms with van der Waals surface area (Å²) in [5, 5.41) is 0. The van der Waals surface area contributed by atoms with Gasteiger partial charge >= 0.3 is 0 Å². The van der Waals surface area contributed by atoms with Gasteiger partial charge in [0.25, 0.3) is 5.56 Å². The van der Waals surface area contributed by atoms with Crippen molar-refractivity contribution in [3.05, 3.63) is 76.2 Å². The molecular formula is C23H18N2O5. The van der Waals surface area contributed by atoms with Crippen LogP contribution in [0.3, 0.4) is 0 Å². The Morgan fingerprint density at radius 3 is 2.43 bits per heavy atom. The Kier molecular flexibility index (Phi) is 3.36. The SMILES string of the molecule is CN1C(=O)C2(COc3cc4c(cc32)OCCO4)c2c1cccc2-n1ccccc1=O. The van der Waals surface area contributed by atoms with Gasteiger partial charge in [0.1, 0.15) is 31.0 Å². The monoisotopic (exact) mass is 402 g/mol. The lowest BCUT2D eigenvalue weighted by molar-refractivity contribution is -0.121. The van der Waals surface area contributed by atoms with Gasteiger partial charge in [-0.2, -0.15) is 0 Å². The summed E-state index contributed by atoms with van der Waals surface area (Å²) in [4.78, 5) is 27.9. The fourth-order valence-corrected chi connectivity index (χ4v) is 4.75. The zero-order chi connectivity index (χ0) is 20.5. The quantitative estimate of drug-likeness (QED) is 0.625. The maximum atomic E-state index is 13.7. The summed E-state index contributed by atoms with van der Waals surface area (Å²) in [6, 6.07) is 14.3. The Morgan fingerprint density at radius 1 is 0.867 bits per heavy atom. The summed E-state index contributed by atoms with van der Waals surface area (Å²) in [6.45, 7) is 1.08. The minimum absolute atomic E-state index is 0.0932. The number of nitrogens with zero attached hydrogens (tertiary/aromatic N) is 2. The summed E-state index contributed by atoms with van der Waals surface area (Å²) in [5.41, 5.74) is 1.72. The van der Waals surface area contributed by atoms with Crippen molar-refractivity contribution < 1.29 is 19.0 Å².